The Bertz CT molecular complexity index is 2490. The number of hydrogen-bond acceptors (Lipinski definition) is 14. The molecule has 296 valence electrons. The number of phosphoric ester groups is 1. The number of ether oxygens (including phenoxy) is 1. The van der Waals surface area contributed by atoms with Gasteiger partial charge >= 0.3 is 19.8 Å². The van der Waals surface area contributed by atoms with E-state index in [1.807, 2.05) is 0 Å². The number of H-pyrrole nitrogens is 1. The Kier molecular flexibility index (Phi) is 14.1. The molecule has 0 aliphatic carbocycles. The summed E-state index contributed by atoms with van der Waals surface area (Å²) in [6.45, 7) is 1.76. The molecule has 18 heteroatoms. The Morgan fingerprint density at radius 2 is 1.67 bits per heavy atom. The molecule has 0 spiro atoms. The number of anilines is 1. The molecule has 2 aromatic heterocycles. The fraction of sp³-hybridized carbons (Fsp3) is 0.200. The predicted octanol–water partition coefficient (Wildman–Crippen LogP) is 4.51. The highest BCUT2D eigenvalue weighted by Crippen LogP contribution is 2.48. The van der Waals surface area contributed by atoms with E-state index >= 15 is 0 Å². The summed E-state index contributed by atoms with van der Waals surface area (Å²) < 4.78 is 31.8. The quantitative estimate of drug-likeness (QED) is 0.0389. The number of carboxylic acid groups (broad SMARTS) is 1. The van der Waals surface area contributed by atoms with Gasteiger partial charge < -0.3 is 34.5 Å². The summed E-state index contributed by atoms with van der Waals surface area (Å²) >= 11 is 0. The number of aliphatic carboxylic acids is 1. The summed E-state index contributed by atoms with van der Waals surface area (Å²) in [4.78, 5) is 78.6. The first-order valence-corrected chi connectivity index (χ1v) is 18.9. The molecule has 3 aromatic carbocycles. The maximum atomic E-state index is 13.1. The van der Waals surface area contributed by atoms with E-state index in [2.05, 4.69) is 39.6 Å². The van der Waals surface area contributed by atoms with Crippen LogP contribution < -0.4 is 20.9 Å². The zero-order valence-electron chi connectivity index (χ0n) is 30.8. The average molecular weight is 807 g/mol. The molecule has 5 aromatic rings. The molecule has 0 fully saturated rings. The molecule has 1 amide bonds. The number of aryl methyl sites for hydroxylation is 1. The molecule has 17 nitrogen and oxygen atoms in total. The van der Waals surface area contributed by atoms with Crippen molar-refractivity contribution in [2.45, 2.75) is 45.2 Å². The van der Waals surface area contributed by atoms with Crippen LogP contribution in [0.2, 0.25) is 0 Å². The monoisotopic (exact) mass is 806 g/mol. The smallest absolute Gasteiger partial charge is 0.480 e. The van der Waals surface area contributed by atoms with Crippen molar-refractivity contribution in [1.82, 2.24) is 25.3 Å². The van der Waals surface area contributed by atoms with Crippen molar-refractivity contribution in [2.75, 3.05) is 11.9 Å². The molecule has 58 heavy (non-hydrogen) atoms. The number of nitrogens with one attached hydrogen (secondary N) is 3. The number of carboxylic acids is 1. The lowest BCUT2D eigenvalue weighted by molar-refractivity contribution is -0.139. The first-order valence-electron chi connectivity index (χ1n) is 17.4. The summed E-state index contributed by atoms with van der Waals surface area (Å²) in [6.07, 6.45) is 14.6. The van der Waals surface area contributed by atoms with Gasteiger partial charge in [-0.15, -0.1) is 0 Å². The van der Waals surface area contributed by atoms with Crippen molar-refractivity contribution < 1.29 is 47.2 Å². The van der Waals surface area contributed by atoms with Gasteiger partial charge in [0, 0.05) is 24.1 Å². The molecule has 1 atom stereocenters. The zero-order chi connectivity index (χ0) is 41.7. The standard InChI is InChI=1S/C40H35N6O11P/c1-4-54-58(53,55-5-2)56-21-20-26-10-17-32(18-11-26)57-40(52)33-9-7-6-8-28(33)22-31(47)16-19-34(39(50)51)46-37(48)27-12-14-29(15-13-27)41-23-30-24-42-36-35(45-30)38(49)44-25(3)43-36/h1-2,6-15,17-18,24,34,41H,16,19-23H2,3H3,(H,46,48)(H,50,51)(H,42,43,44,49)/t34-/m0/s1. The Balaban J connectivity index is 1.10. The fourth-order valence-corrected chi connectivity index (χ4v) is 6.14. The summed E-state index contributed by atoms with van der Waals surface area (Å²) in [6, 6.07) is 17.6. The molecule has 0 saturated carbocycles. The molecule has 0 aliphatic rings. The molecular weight excluding hydrogens is 771 g/mol. The molecular formula is C40H35N6O11P. The Labute approximate surface area is 331 Å². The van der Waals surface area contributed by atoms with Crippen molar-refractivity contribution in [1.29, 1.82) is 0 Å². The number of benzene rings is 3. The number of ketones is 1. The van der Waals surface area contributed by atoms with Gasteiger partial charge in [-0.25, -0.2) is 29.1 Å². The average Bonchev–Trinajstić information content (AvgIpc) is 3.19. The molecule has 0 aliphatic heterocycles. The summed E-state index contributed by atoms with van der Waals surface area (Å²) in [5.74, 6) is -2.42. The lowest BCUT2D eigenvalue weighted by atomic mass is 9.99. The number of nitrogens with zero attached hydrogens (tertiary/aromatic N) is 3. The number of amides is 1. The van der Waals surface area contributed by atoms with Gasteiger partial charge in [-0.05, 0) is 73.4 Å². The third-order valence-corrected chi connectivity index (χ3v) is 9.41. The van der Waals surface area contributed by atoms with Crippen LogP contribution in [-0.2, 0) is 47.1 Å². The van der Waals surface area contributed by atoms with Crippen LogP contribution in [0.5, 0.6) is 5.75 Å². The molecule has 0 unspecified atom stereocenters. The summed E-state index contributed by atoms with van der Waals surface area (Å²) in [5, 5.41) is 15.4. The summed E-state index contributed by atoms with van der Waals surface area (Å²) in [7, 11) is -4.10. The van der Waals surface area contributed by atoms with Crippen LogP contribution in [0.15, 0.2) is 83.8 Å². The maximum Gasteiger partial charge on any atom is 0.604 e. The number of carbonyl (C=O) groups excluding carboxylic acids is 3. The normalized spacial score (nSPS) is 11.4. The van der Waals surface area contributed by atoms with E-state index in [-0.39, 0.29) is 72.7 Å². The van der Waals surface area contributed by atoms with Crippen LogP contribution in [-0.4, -0.2) is 61.3 Å². The minimum absolute atomic E-state index is 0.108. The van der Waals surface area contributed by atoms with E-state index in [4.69, 9.17) is 22.1 Å². The highest BCUT2D eigenvalue weighted by Gasteiger charge is 2.28. The second-order valence-electron chi connectivity index (χ2n) is 12.4. The van der Waals surface area contributed by atoms with Crippen LogP contribution in [0.25, 0.3) is 11.2 Å². The molecule has 0 saturated heterocycles. The Hall–Kier alpha value is -7.33. The highest BCUT2D eigenvalue weighted by molar-refractivity contribution is 7.48. The summed E-state index contributed by atoms with van der Waals surface area (Å²) in [5.41, 5.74) is 2.47. The second kappa shape index (κ2) is 19.5. The number of fused-ring (bicyclic) bond motifs is 1. The largest absolute Gasteiger partial charge is 0.604 e. The van der Waals surface area contributed by atoms with Gasteiger partial charge in [-0.2, -0.15) is 0 Å². The second-order valence-corrected chi connectivity index (χ2v) is 13.9. The number of aromatic nitrogens is 4. The van der Waals surface area contributed by atoms with Crippen molar-refractivity contribution in [3.05, 3.63) is 123 Å². The number of aromatic amines is 1. The van der Waals surface area contributed by atoms with Gasteiger partial charge in [0.1, 0.15) is 35.6 Å². The van der Waals surface area contributed by atoms with Gasteiger partial charge in [0.25, 0.3) is 11.5 Å². The van der Waals surface area contributed by atoms with Gasteiger partial charge in [0.2, 0.25) is 0 Å². The van der Waals surface area contributed by atoms with E-state index in [1.54, 1.807) is 61.6 Å². The van der Waals surface area contributed by atoms with Gasteiger partial charge in [-0.1, -0.05) is 43.2 Å². The number of rotatable bonds is 19. The fourth-order valence-electron chi connectivity index (χ4n) is 5.42. The third kappa shape index (κ3) is 11.6. The van der Waals surface area contributed by atoms with Crippen LogP contribution in [0.1, 0.15) is 56.2 Å². The molecule has 0 bridgehead atoms. The lowest BCUT2D eigenvalue weighted by Crippen LogP contribution is -2.41. The van der Waals surface area contributed by atoms with E-state index in [9.17, 15) is 33.6 Å². The van der Waals surface area contributed by atoms with Crippen LogP contribution in [0, 0.1) is 32.0 Å². The number of esters is 1. The SMILES string of the molecule is C#COP(=O)(OC#C)OCCc1ccc(OC(=O)c2ccccc2CC(=O)CC[C@H](NC(=O)c2ccc(NCc3cnc4nc(C)[nH]c(=O)c4n3)cc2)C(=O)O)cc1. The number of phosphoric acid groups is 1. The van der Waals surface area contributed by atoms with Crippen molar-refractivity contribution in [3.63, 3.8) is 0 Å². The third-order valence-electron chi connectivity index (χ3n) is 8.25. The first kappa shape index (κ1) is 41.8. The van der Waals surface area contributed by atoms with Crippen LogP contribution >= 0.6 is 7.82 Å². The van der Waals surface area contributed by atoms with E-state index in [0.717, 1.165) is 5.56 Å². The van der Waals surface area contributed by atoms with Gasteiger partial charge in [0.15, 0.2) is 11.2 Å². The van der Waals surface area contributed by atoms with E-state index in [1.165, 1.54) is 36.5 Å². The van der Waals surface area contributed by atoms with Gasteiger partial charge in [-0.3, -0.25) is 18.9 Å². The number of carbonyl (C=O) groups is 4. The minimum atomic E-state index is -4.10. The van der Waals surface area contributed by atoms with Crippen LogP contribution in [0.3, 0.4) is 0 Å². The van der Waals surface area contributed by atoms with E-state index < -0.39 is 37.3 Å². The minimum Gasteiger partial charge on any atom is -0.480 e. The Morgan fingerprint density at radius 1 is 0.966 bits per heavy atom. The first-order chi connectivity index (χ1) is 27.9. The highest BCUT2D eigenvalue weighted by atomic mass is 31.2. The van der Waals surface area contributed by atoms with Crippen molar-refractivity contribution in [2.24, 2.45) is 0 Å². The predicted molar refractivity (Wildman–Crippen MR) is 208 cm³/mol. The topological polar surface area (TPSA) is 238 Å². The number of hydrogen-bond donors (Lipinski definition) is 4. The molecule has 2 heterocycles. The molecule has 0 radical (unpaired) electrons. The zero-order valence-corrected chi connectivity index (χ0v) is 31.7. The lowest BCUT2D eigenvalue weighted by Gasteiger charge is -2.15. The molecule has 4 N–H and O–H groups in total. The van der Waals surface area contributed by atoms with E-state index in [0.29, 0.717) is 22.8 Å². The van der Waals surface area contributed by atoms with Gasteiger partial charge in [0.05, 0.1) is 30.6 Å². The number of Topliss-reactive ketones (excluding diaryl/α,β-unsaturated/α-hetero) is 1. The Morgan fingerprint density at radius 3 is 2.36 bits per heavy atom. The van der Waals surface area contributed by atoms with Crippen molar-refractivity contribution in [3.8, 4) is 30.8 Å². The number of terminal acetylenes is 2. The molecule has 5 rings (SSSR count). The van der Waals surface area contributed by atoms with Crippen molar-refractivity contribution >= 4 is 48.3 Å². The maximum absolute atomic E-state index is 13.1. The van der Waals surface area contributed by atoms with Crippen LogP contribution in [0.4, 0.5) is 5.69 Å².